The van der Waals surface area contributed by atoms with Crippen LogP contribution in [0.1, 0.15) is 12.5 Å². The van der Waals surface area contributed by atoms with Crippen LogP contribution >= 0.6 is 11.6 Å². The maximum absolute atomic E-state index is 13.3. The Morgan fingerprint density at radius 2 is 1.96 bits per heavy atom. The van der Waals surface area contributed by atoms with Gasteiger partial charge in [0.1, 0.15) is 11.4 Å². The molecule has 3 rings (SSSR count). The maximum Gasteiger partial charge on any atom is 0.419 e. The average Bonchev–Trinajstić information content (AvgIpc) is 2.87. The third kappa shape index (κ3) is 2.91. The van der Waals surface area contributed by atoms with E-state index in [-0.39, 0.29) is 17.6 Å². The van der Waals surface area contributed by atoms with Gasteiger partial charge in [-0.05, 0) is 42.8 Å². The fourth-order valence-corrected chi connectivity index (χ4v) is 2.68. The molecule has 8 heteroatoms. The van der Waals surface area contributed by atoms with E-state index in [9.17, 15) is 13.2 Å². The highest BCUT2D eigenvalue weighted by atomic mass is 35.5. The van der Waals surface area contributed by atoms with Gasteiger partial charge in [-0.15, -0.1) is 0 Å². The zero-order chi connectivity index (χ0) is 17.5. The van der Waals surface area contributed by atoms with Gasteiger partial charge in [-0.25, -0.2) is 4.98 Å². The molecule has 0 unspecified atom stereocenters. The number of rotatable bonds is 3. The van der Waals surface area contributed by atoms with E-state index in [1.807, 2.05) is 0 Å². The zero-order valence-corrected chi connectivity index (χ0v) is 13.6. The Labute approximate surface area is 140 Å². The number of hydrogen-bond acceptors (Lipinski definition) is 3. The summed E-state index contributed by atoms with van der Waals surface area (Å²) in [5.74, 6) is -0.210. The largest absolute Gasteiger partial charge is 0.493 e. The lowest BCUT2D eigenvalue weighted by Gasteiger charge is -2.15. The highest BCUT2D eigenvalue weighted by Crippen LogP contribution is 2.39. The van der Waals surface area contributed by atoms with Gasteiger partial charge in [-0.2, -0.15) is 18.2 Å². The first kappa shape index (κ1) is 16.6. The lowest BCUT2D eigenvalue weighted by atomic mass is 10.0. The van der Waals surface area contributed by atoms with Crippen LogP contribution in [0, 0.1) is 0 Å². The van der Waals surface area contributed by atoms with Crippen LogP contribution in [-0.2, 0) is 13.2 Å². The maximum atomic E-state index is 13.3. The van der Waals surface area contributed by atoms with E-state index in [2.05, 4.69) is 9.97 Å². The van der Waals surface area contributed by atoms with Crippen molar-refractivity contribution in [3.05, 3.63) is 41.3 Å². The van der Waals surface area contributed by atoms with Crippen LogP contribution in [0.3, 0.4) is 0 Å². The quantitative estimate of drug-likeness (QED) is 0.639. The molecule has 0 amide bonds. The van der Waals surface area contributed by atoms with E-state index in [4.69, 9.17) is 16.3 Å². The molecule has 0 saturated heterocycles. The molecule has 0 aliphatic rings. The van der Waals surface area contributed by atoms with Crippen molar-refractivity contribution in [2.45, 2.75) is 13.1 Å². The number of aromatic nitrogens is 3. The highest BCUT2D eigenvalue weighted by Gasteiger charge is 2.35. The van der Waals surface area contributed by atoms with Crippen molar-refractivity contribution >= 4 is 22.6 Å². The van der Waals surface area contributed by atoms with Gasteiger partial charge in [0.15, 0.2) is 0 Å². The molecule has 0 fully saturated rings. The fraction of sp³-hybridized carbons (Fsp3) is 0.250. The Morgan fingerprint density at radius 3 is 2.62 bits per heavy atom. The van der Waals surface area contributed by atoms with Crippen LogP contribution in [0.25, 0.3) is 22.3 Å². The standard InChI is InChI=1S/C16H13ClF3N3O/c1-3-24-12-5-4-9(8-11(12)16(18,19)20)13-10-6-7-23(2)14(10)22-15(17)21-13/h4-8H,3H2,1-2H3. The summed E-state index contributed by atoms with van der Waals surface area (Å²) in [4.78, 5) is 8.23. The van der Waals surface area contributed by atoms with Crippen LogP contribution in [0.5, 0.6) is 5.75 Å². The normalized spacial score (nSPS) is 11.9. The molecular weight excluding hydrogens is 343 g/mol. The molecule has 0 spiro atoms. The van der Waals surface area contributed by atoms with Gasteiger partial charge in [0.25, 0.3) is 0 Å². The van der Waals surface area contributed by atoms with Gasteiger partial charge in [-0.3, -0.25) is 0 Å². The first-order valence-corrected chi connectivity index (χ1v) is 7.52. The van der Waals surface area contributed by atoms with E-state index in [1.165, 1.54) is 12.1 Å². The van der Waals surface area contributed by atoms with Gasteiger partial charge in [-0.1, -0.05) is 0 Å². The second-order valence-corrected chi connectivity index (χ2v) is 5.48. The first-order chi connectivity index (χ1) is 11.3. The molecule has 0 atom stereocenters. The van der Waals surface area contributed by atoms with Gasteiger partial charge >= 0.3 is 6.18 Å². The number of halogens is 4. The second-order valence-electron chi connectivity index (χ2n) is 5.15. The number of aryl methyl sites for hydroxylation is 1. The summed E-state index contributed by atoms with van der Waals surface area (Å²) in [5.41, 5.74) is 0.346. The van der Waals surface area contributed by atoms with Gasteiger partial charge in [0, 0.05) is 24.2 Å². The monoisotopic (exact) mass is 355 g/mol. The summed E-state index contributed by atoms with van der Waals surface area (Å²) in [7, 11) is 1.77. The van der Waals surface area contributed by atoms with Crippen LogP contribution in [0.4, 0.5) is 13.2 Å². The minimum Gasteiger partial charge on any atom is -0.493 e. The van der Waals surface area contributed by atoms with Crippen molar-refractivity contribution in [2.75, 3.05) is 6.61 Å². The highest BCUT2D eigenvalue weighted by molar-refractivity contribution is 6.28. The van der Waals surface area contributed by atoms with Crippen LogP contribution in [0.2, 0.25) is 5.28 Å². The Kier molecular flexibility index (Phi) is 4.13. The molecule has 0 saturated carbocycles. The topological polar surface area (TPSA) is 39.9 Å². The van der Waals surface area contributed by atoms with Crippen molar-refractivity contribution in [1.29, 1.82) is 0 Å². The van der Waals surface area contributed by atoms with Gasteiger partial charge < -0.3 is 9.30 Å². The van der Waals surface area contributed by atoms with Gasteiger partial charge in [0.2, 0.25) is 5.28 Å². The van der Waals surface area contributed by atoms with Crippen molar-refractivity contribution in [2.24, 2.45) is 7.05 Å². The number of hydrogen-bond donors (Lipinski definition) is 0. The van der Waals surface area contributed by atoms with Crippen LogP contribution < -0.4 is 4.74 Å². The summed E-state index contributed by atoms with van der Waals surface area (Å²) in [6.45, 7) is 1.77. The molecule has 0 N–H and O–H groups in total. The molecule has 0 radical (unpaired) electrons. The third-order valence-electron chi connectivity index (χ3n) is 3.56. The van der Waals surface area contributed by atoms with Crippen molar-refractivity contribution in [1.82, 2.24) is 14.5 Å². The number of fused-ring (bicyclic) bond motifs is 1. The van der Waals surface area contributed by atoms with Crippen LogP contribution in [-0.4, -0.2) is 21.1 Å². The van der Waals surface area contributed by atoms with E-state index in [0.29, 0.717) is 22.3 Å². The molecule has 0 aliphatic heterocycles. The number of alkyl halides is 3. The van der Waals surface area contributed by atoms with E-state index in [0.717, 1.165) is 6.07 Å². The minimum atomic E-state index is -4.53. The van der Waals surface area contributed by atoms with Crippen molar-refractivity contribution < 1.29 is 17.9 Å². The summed E-state index contributed by atoms with van der Waals surface area (Å²) in [6, 6.07) is 5.60. The lowest BCUT2D eigenvalue weighted by Crippen LogP contribution is -2.09. The Balaban J connectivity index is 2.24. The summed E-state index contributed by atoms with van der Waals surface area (Å²) < 4.78 is 46.8. The number of ether oxygens (including phenoxy) is 1. The van der Waals surface area contributed by atoms with Crippen molar-refractivity contribution in [3.63, 3.8) is 0 Å². The van der Waals surface area contributed by atoms with E-state index < -0.39 is 11.7 Å². The first-order valence-electron chi connectivity index (χ1n) is 7.14. The number of nitrogens with zero attached hydrogens (tertiary/aromatic N) is 3. The molecule has 0 bridgehead atoms. The zero-order valence-electron chi connectivity index (χ0n) is 12.9. The minimum absolute atomic E-state index is 0.0262. The fourth-order valence-electron chi connectivity index (χ4n) is 2.51. The van der Waals surface area contributed by atoms with Gasteiger partial charge in [0.05, 0.1) is 17.9 Å². The molecule has 3 aromatic rings. The molecule has 24 heavy (non-hydrogen) atoms. The molecule has 4 nitrogen and oxygen atoms in total. The predicted octanol–water partition coefficient (Wildman–Crippen LogP) is 4.71. The third-order valence-corrected chi connectivity index (χ3v) is 3.72. The molecular formula is C16H13ClF3N3O. The van der Waals surface area contributed by atoms with Crippen LogP contribution in [0.15, 0.2) is 30.5 Å². The van der Waals surface area contributed by atoms with E-state index in [1.54, 1.807) is 30.8 Å². The molecule has 1 aromatic carbocycles. The Bertz CT molecular complexity index is 905. The Hall–Kier alpha value is -2.28. The summed E-state index contributed by atoms with van der Waals surface area (Å²) in [6.07, 6.45) is -2.79. The molecule has 0 aliphatic carbocycles. The number of benzene rings is 1. The lowest BCUT2D eigenvalue weighted by molar-refractivity contribution is -0.138. The molecule has 2 heterocycles. The Morgan fingerprint density at radius 1 is 1.21 bits per heavy atom. The SMILES string of the molecule is CCOc1ccc(-c2nc(Cl)nc3c2ccn3C)cc1C(F)(F)F. The summed E-state index contributed by atoms with van der Waals surface area (Å²) >= 11 is 5.93. The summed E-state index contributed by atoms with van der Waals surface area (Å²) in [5, 5.41) is 0.598. The molecule has 2 aromatic heterocycles. The van der Waals surface area contributed by atoms with Crippen molar-refractivity contribution in [3.8, 4) is 17.0 Å². The average molecular weight is 356 g/mol. The molecule has 126 valence electrons. The smallest absolute Gasteiger partial charge is 0.419 e. The predicted molar refractivity (Wildman–Crippen MR) is 85.1 cm³/mol. The van der Waals surface area contributed by atoms with E-state index >= 15 is 0 Å². The second kappa shape index (κ2) is 5.98.